The Balaban J connectivity index is 1.27. The lowest BCUT2D eigenvalue weighted by Crippen LogP contribution is -2.49. The van der Waals surface area contributed by atoms with Crippen molar-refractivity contribution < 1.29 is 9.59 Å². The van der Waals surface area contributed by atoms with Crippen molar-refractivity contribution in [3.63, 3.8) is 0 Å². The maximum absolute atomic E-state index is 12.5. The summed E-state index contributed by atoms with van der Waals surface area (Å²) in [6.45, 7) is 2.92. The average molecular weight is 363 g/mol. The molecule has 1 aliphatic heterocycles. The van der Waals surface area contributed by atoms with E-state index >= 15 is 0 Å². The number of rotatable bonds is 5. The van der Waals surface area contributed by atoms with Crippen LogP contribution in [0.3, 0.4) is 0 Å². The van der Waals surface area contributed by atoms with E-state index in [1.54, 1.807) is 6.20 Å². The molecule has 1 aromatic carbocycles. The summed E-state index contributed by atoms with van der Waals surface area (Å²) in [5.41, 5.74) is 3.43. The van der Waals surface area contributed by atoms with Gasteiger partial charge in [0, 0.05) is 50.8 Å². The quantitative estimate of drug-likeness (QED) is 0.767. The van der Waals surface area contributed by atoms with Gasteiger partial charge in [0.1, 0.15) is 5.82 Å². The predicted octanol–water partition coefficient (Wildman–Crippen LogP) is 2.88. The molecular weight excluding hydrogens is 338 g/mol. The Labute approximate surface area is 160 Å². The van der Waals surface area contributed by atoms with Crippen LogP contribution in [0.15, 0.2) is 42.6 Å². The van der Waals surface area contributed by atoms with Crippen LogP contribution in [0.5, 0.6) is 0 Å². The van der Waals surface area contributed by atoms with Crippen molar-refractivity contribution in [2.75, 3.05) is 31.1 Å². The van der Waals surface area contributed by atoms with E-state index in [0.717, 1.165) is 37.3 Å². The number of hydrogen-bond donors (Lipinski definition) is 0. The van der Waals surface area contributed by atoms with Crippen molar-refractivity contribution in [1.82, 2.24) is 9.88 Å². The number of aryl methyl sites for hydroxylation is 2. The maximum atomic E-state index is 12.5. The van der Waals surface area contributed by atoms with Gasteiger partial charge in [-0.05, 0) is 48.6 Å². The lowest BCUT2D eigenvalue weighted by molar-refractivity contribution is -0.131. The number of piperazine rings is 1. The van der Waals surface area contributed by atoms with Gasteiger partial charge in [-0.2, -0.15) is 0 Å². The molecule has 0 bridgehead atoms. The number of Topliss-reactive ketones (excluding diaryl/α,β-unsaturated/α-hetero) is 1. The summed E-state index contributed by atoms with van der Waals surface area (Å²) >= 11 is 0. The fourth-order valence-electron chi connectivity index (χ4n) is 3.99. The zero-order valence-electron chi connectivity index (χ0n) is 15.6. The van der Waals surface area contributed by atoms with E-state index in [4.69, 9.17) is 0 Å². The molecule has 0 saturated carbocycles. The molecule has 0 N–H and O–H groups in total. The first-order chi connectivity index (χ1) is 13.2. The molecule has 0 radical (unpaired) electrons. The van der Waals surface area contributed by atoms with E-state index in [1.807, 2.05) is 35.2 Å². The topological polar surface area (TPSA) is 53.5 Å². The summed E-state index contributed by atoms with van der Waals surface area (Å²) in [5.74, 6) is 1.10. The number of carbonyl (C=O) groups excluding carboxylic acids is 2. The van der Waals surface area contributed by atoms with Crippen molar-refractivity contribution in [1.29, 1.82) is 0 Å². The van der Waals surface area contributed by atoms with Crippen molar-refractivity contribution in [2.45, 2.75) is 32.1 Å². The molecule has 27 heavy (non-hydrogen) atoms. The van der Waals surface area contributed by atoms with Crippen molar-refractivity contribution in [3.05, 3.63) is 59.3 Å². The smallest absolute Gasteiger partial charge is 0.223 e. The number of fused-ring (bicyclic) bond motifs is 1. The maximum Gasteiger partial charge on any atom is 0.223 e. The van der Waals surface area contributed by atoms with Crippen LogP contribution in [0.4, 0.5) is 5.82 Å². The van der Waals surface area contributed by atoms with E-state index < -0.39 is 0 Å². The van der Waals surface area contributed by atoms with Crippen LogP contribution in [-0.2, 0) is 17.6 Å². The minimum Gasteiger partial charge on any atom is -0.353 e. The molecule has 0 atom stereocenters. The zero-order chi connectivity index (χ0) is 18.6. The van der Waals surface area contributed by atoms with Crippen LogP contribution in [-0.4, -0.2) is 47.8 Å². The van der Waals surface area contributed by atoms with Gasteiger partial charge in [-0.15, -0.1) is 0 Å². The molecule has 1 amide bonds. The Morgan fingerprint density at radius 1 is 0.926 bits per heavy atom. The van der Waals surface area contributed by atoms with Gasteiger partial charge in [-0.25, -0.2) is 4.98 Å². The van der Waals surface area contributed by atoms with Gasteiger partial charge >= 0.3 is 0 Å². The Morgan fingerprint density at radius 3 is 2.52 bits per heavy atom. The van der Waals surface area contributed by atoms with Crippen LogP contribution < -0.4 is 4.90 Å². The van der Waals surface area contributed by atoms with Crippen molar-refractivity contribution in [2.24, 2.45) is 0 Å². The van der Waals surface area contributed by atoms with Crippen molar-refractivity contribution in [3.8, 4) is 0 Å². The molecule has 0 spiro atoms. The summed E-state index contributed by atoms with van der Waals surface area (Å²) in [7, 11) is 0. The number of hydrogen-bond acceptors (Lipinski definition) is 4. The first kappa shape index (κ1) is 17.7. The van der Waals surface area contributed by atoms with Gasteiger partial charge < -0.3 is 9.80 Å². The molecule has 5 heteroatoms. The number of amides is 1. The number of nitrogens with zero attached hydrogens (tertiary/aromatic N) is 3. The van der Waals surface area contributed by atoms with Gasteiger partial charge in [0.2, 0.25) is 5.91 Å². The average Bonchev–Trinajstić information content (AvgIpc) is 3.20. The summed E-state index contributed by atoms with van der Waals surface area (Å²) in [4.78, 5) is 33.4. The van der Waals surface area contributed by atoms with Gasteiger partial charge in [-0.1, -0.05) is 18.2 Å². The van der Waals surface area contributed by atoms with Gasteiger partial charge in [0.15, 0.2) is 5.78 Å². The standard InChI is InChI=1S/C22H25N3O2/c26-20(19-8-7-17-4-3-5-18(17)16-19)9-10-22(27)25-14-12-24(13-15-25)21-6-1-2-11-23-21/h1-2,6-8,11,16H,3-5,9-10,12-15H2. The SMILES string of the molecule is O=C(CCC(=O)N1CCN(c2ccccn2)CC1)c1ccc2c(c1)CCC2. The third-order valence-corrected chi connectivity index (χ3v) is 5.59. The van der Waals surface area contributed by atoms with Crippen LogP contribution in [0, 0.1) is 0 Å². The fourth-order valence-corrected chi connectivity index (χ4v) is 3.99. The zero-order valence-corrected chi connectivity index (χ0v) is 15.6. The lowest BCUT2D eigenvalue weighted by atomic mass is 10.0. The molecule has 1 fully saturated rings. The molecule has 1 aromatic heterocycles. The molecular formula is C22H25N3O2. The second-order valence-electron chi connectivity index (χ2n) is 7.32. The number of carbonyl (C=O) groups is 2. The van der Waals surface area contributed by atoms with E-state index in [-0.39, 0.29) is 18.1 Å². The first-order valence-corrected chi connectivity index (χ1v) is 9.79. The number of anilines is 1. The second kappa shape index (κ2) is 7.91. The normalized spacial score (nSPS) is 16.3. The molecule has 0 unspecified atom stereocenters. The van der Waals surface area contributed by atoms with Crippen LogP contribution in [0.2, 0.25) is 0 Å². The van der Waals surface area contributed by atoms with E-state index in [0.29, 0.717) is 19.5 Å². The molecule has 1 saturated heterocycles. The third-order valence-electron chi connectivity index (χ3n) is 5.59. The lowest BCUT2D eigenvalue weighted by Gasteiger charge is -2.35. The highest BCUT2D eigenvalue weighted by Crippen LogP contribution is 2.23. The minimum atomic E-state index is 0.0742. The molecule has 5 nitrogen and oxygen atoms in total. The fraction of sp³-hybridized carbons (Fsp3) is 0.409. The number of benzene rings is 1. The van der Waals surface area contributed by atoms with E-state index in [2.05, 4.69) is 16.0 Å². The largest absolute Gasteiger partial charge is 0.353 e. The Morgan fingerprint density at radius 2 is 1.74 bits per heavy atom. The highest BCUT2D eigenvalue weighted by Gasteiger charge is 2.22. The summed E-state index contributed by atoms with van der Waals surface area (Å²) in [5, 5.41) is 0. The third kappa shape index (κ3) is 4.02. The van der Waals surface area contributed by atoms with Crippen LogP contribution in [0.25, 0.3) is 0 Å². The van der Waals surface area contributed by atoms with Gasteiger partial charge in [0.05, 0.1) is 0 Å². The highest BCUT2D eigenvalue weighted by atomic mass is 16.2. The highest BCUT2D eigenvalue weighted by molar-refractivity contribution is 5.98. The van der Waals surface area contributed by atoms with Crippen LogP contribution in [0.1, 0.15) is 40.7 Å². The Hall–Kier alpha value is -2.69. The molecule has 2 heterocycles. The number of aromatic nitrogens is 1. The predicted molar refractivity (Wildman–Crippen MR) is 105 cm³/mol. The molecule has 1 aliphatic carbocycles. The number of ketones is 1. The van der Waals surface area contributed by atoms with Crippen molar-refractivity contribution >= 4 is 17.5 Å². The minimum absolute atomic E-state index is 0.0742. The molecule has 4 rings (SSSR count). The molecule has 2 aromatic rings. The number of pyridine rings is 1. The summed E-state index contributed by atoms with van der Waals surface area (Å²) in [6, 6.07) is 11.9. The Kier molecular flexibility index (Phi) is 5.19. The first-order valence-electron chi connectivity index (χ1n) is 9.79. The summed E-state index contributed by atoms with van der Waals surface area (Å²) < 4.78 is 0. The molecule has 140 valence electrons. The molecule has 2 aliphatic rings. The van der Waals surface area contributed by atoms with Gasteiger partial charge in [-0.3, -0.25) is 9.59 Å². The second-order valence-corrected chi connectivity index (χ2v) is 7.32. The monoisotopic (exact) mass is 363 g/mol. The van der Waals surface area contributed by atoms with Gasteiger partial charge in [0.25, 0.3) is 0 Å². The van der Waals surface area contributed by atoms with Crippen LogP contribution >= 0.6 is 0 Å². The van der Waals surface area contributed by atoms with E-state index in [9.17, 15) is 9.59 Å². The summed E-state index contributed by atoms with van der Waals surface area (Å²) in [6.07, 6.45) is 5.73. The Bertz CT molecular complexity index is 827. The van der Waals surface area contributed by atoms with E-state index in [1.165, 1.54) is 17.5 Å².